The van der Waals surface area contributed by atoms with Crippen molar-refractivity contribution >= 4 is 17.3 Å². The Labute approximate surface area is 192 Å². The first-order valence-corrected chi connectivity index (χ1v) is 11.9. The molecule has 5 rings (SSSR count). The summed E-state index contributed by atoms with van der Waals surface area (Å²) < 4.78 is 10.6. The first kappa shape index (κ1) is 21.1. The van der Waals surface area contributed by atoms with Gasteiger partial charge in [0.05, 0.1) is 23.9 Å². The Morgan fingerprint density at radius 3 is 2.16 bits per heavy atom. The van der Waals surface area contributed by atoms with E-state index in [1.165, 1.54) is 24.7 Å². The number of methoxy groups -OCH3 is 1. The van der Waals surface area contributed by atoms with Gasteiger partial charge in [0.1, 0.15) is 12.4 Å². The Morgan fingerprint density at radius 1 is 1.00 bits per heavy atom. The van der Waals surface area contributed by atoms with Crippen molar-refractivity contribution in [2.45, 2.75) is 38.2 Å². The number of aromatic nitrogens is 1. The van der Waals surface area contributed by atoms with Crippen molar-refractivity contribution in [3.8, 4) is 5.75 Å². The molecule has 3 heterocycles. The summed E-state index contributed by atoms with van der Waals surface area (Å²) in [6.07, 6.45) is 1.23. The number of thiazole rings is 1. The number of ether oxygens (including phenoxy) is 2. The van der Waals surface area contributed by atoms with Crippen molar-refractivity contribution in [1.82, 2.24) is 14.8 Å². The van der Waals surface area contributed by atoms with Gasteiger partial charge < -0.3 is 9.47 Å². The third-order valence-electron chi connectivity index (χ3n) is 6.41. The van der Waals surface area contributed by atoms with Gasteiger partial charge in [0.15, 0.2) is 0 Å². The highest BCUT2D eigenvalue weighted by Gasteiger charge is 2.42. The largest absolute Gasteiger partial charge is 0.487 e. The van der Waals surface area contributed by atoms with E-state index in [9.17, 15) is 4.79 Å². The van der Waals surface area contributed by atoms with Crippen molar-refractivity contribution in [3.63, 3.8) is 0 Å². The second-order valence-corrected chi connectivity index (χ2v) is 9.22. The smallest absolute Gasteiger partial charge is 0.337 e. The number of hydrogen-bond acceptors (Lipinski definition) is 7. The van der Waals surface area contributed by atoms with Crippen LogP contribution in [0.25, 0.3) is 0 Å². The SMILES string of the molecule is COC(=O)c1ccc(CN2C[C@H]3C[C@H]2CN3Cc2ccc(OCc3cscn3)cc2)cc1. The Kier molecular flexibility index (Phi) is 6.21. The highest BCUT2D eigenvalue weighted by atomic mass is 32.1. The molecule has 0 amide bonds. The molecule has 166 valence electrons. The fraction of sp³-hybridized carbons (Fsp3) is 0.360. The lowest BCUT2D eigenvalue weighted by Crippen LogP contribution is -2.45. The van der Waals surface area contributed by atoms with E-state index < -0.39 is 0 Å². The highest BCUT2D eigenvalue weighted by Crippen LogP contribution is 2.33. The number of carbonyl (C=O) groups is 1. The summed E-state index contributed by atoms with van der Waals surface area (Å²) in [5, 5.41) is 2.01. The minimum absolute atomic E-state index is 0.286. The number of benzene rings is 2. The van der Waals surface area contributed by atoms with Crippen LogP contribution in [0.1, 0.15) is 33.6 Å². The van der Waals surface area contributed by atoms with Crippen molar-refractivity contribution in [3.05, 3.63) is 81.8 Å². The average Bonchev–Trinajstić information content (AvgIpc) is 3.57. The Bertz CT molecular complexity index is 1040. The zero-order valence-electron chi connectivity index (χ0n) is 18.1. The lowest BCUT2D eigenvalue weighted by Gasteiger charge is -2.34. The fourth-order valence-electron chi connectivity index (χ4n) is 4.71. The van der Waals surface area contributed by atoms with Gasteiger partial charge in [0, 0.05) is 43.6 Å². The summed E-state index contributed by atoms with van der Waals surface area (Å²) in [4.78, 5) is 21.0. The minimum atomic E-state index is -0.286. The molecule has 32 heavy (non-hydrogen) atoms. The van der Waals surface area contributed by atoms with Gasteiger partial charge in [-0.2, -0.15) is 0 Å². The minimum Gasteiger partial charge on any atom is -0.487 e. The summed E-state index contributed by atoms with van der Waals surface area (Å²) in [6, 6.07) is 17.4. The van der Waals surface area contributed by atoms with Crippen LogP contribution in [0.15, 0.2) is 59.4 Å². The van der Waals surface area contributed by atoms with Crippen LogP contribution in [0.5, 0.6) is 5.75 Å². The summed E-state index contributed by atoms with van der Waals surface area (Å²) in [5.74, 6) is 0.598. The molecule has 6 nitrogen and oxygen atoms in total. The van der Waals surface area contributed by atoms with Gasteiger partial charge >= 0.3 is 5.97 Å². The van der Waals surface area contributed by atoms with Crippen LogP contribution >= 0.6 is 11.3 Å². The van der Waals surface area contributed by atoms with Crippen LogP contribution in [-0.4, -0.2) is 53.0 Å². The van der Waals surface area contributed by atoms with Gasteiger partial charge in [-0.3, -0.25) is 9.80 Å². The summed E-state index contributed by atoms with van der Waals surface area (Å²) >= 11 is 1.59. The third-order valence-corrected chi connectivity index (χ3v) is 7.04. The number of nitrogens with zero attached hydrogens (tertiary/aromatic N) is 3. The van der Waals surface area contributed by atoms with Gasteiger partial charge in [0.25, 0.3) is 0 Å². The maximum Gasteiger partial charge on any atom is 0.337 e. The number of fused-ring (bicyclic) bond motifs is 2. The Morgan fingerprint density at radius 2 is 1.62 bits per heavy atom. The molecule has 0 unspecified atom stereocenters. The molecule has 0 N–H and O–H groups in total. The average molecular weight is 450 g/mol. The van der Waals surface area contributed by atoms with Crippen LogP contribution in [0.3, 0.4) is 0 Å². The maximum absolute atomic E-state index is 11.6. The van der Waals surface area contributed by atoms with E-state index in [0.717, 1.165) is 37.6 Å². The molecule has 2 aliphatic rings. The number of piperazine rings is 1. The van der Waals surface area contributed by atoms with E-state index in [4.69, 9.17) is 9.47 Å². The molecular formula is C25H27N3O3S. The van der Waals surface area contributed by atoms with Crippen LogP contribution in [0.2, 0.25) is 0 Å². The molecule has 2 saturated heterocycles. The molecule has 1 aromatic heterocycles. The van der Waals surface area contributed by atoms with E-state index >= 15 is 0 Å². The molecule has 7 heteroatoms. The molecule has 2 atom stereocenters. The second-order valence-electron chi connectivity index (χ2n) is 8.50. The van der Waals surface area contributed by atoms with Crippen molar-refractivity contribution in [1.29, 1.82) is 0 Å². The lowest BCUT2D eigenvalue weighted by atomic mass is 10.1. The molecule has 0 spiro atoms. The second kappa shape index (κ2) is 9.40. The maximum atomic E-state index is 11.6. The third kappa shape index (κ3) is 4.70. The van der Waals surface area contributed by atoms with E-state index in [1.54, 1.807) is 11.3 Å². The van der Waals surface area contributed by atoms with Crippen LogP contribution in [0.4, 0.5) is 0 Å². The topological polar surface area (TPSA) is 54.9 Å². The zero-order chi connectivity index (χ0) is 21.9. The number of rotatable bonds is 8. The molecule has 2 fully saturated rings. The van der Waals surface area contributed by atoms with Crippen molar-refractivity contribution in [2.24, 2.45) is 0 Å². The molecule has 0 aliphatic carbocycles. The predicted octanol–water partition coefficient (Wildman–Crippen LogP) is 3.97. The number of likely N-dealkylation sites (tertiary alicyclic amines) is 2. The van der Waals surface area contributed by atoms with Gasteiger partial charge in [-0.05, 0) is 41.8 Å². The number of hydrogen-bond donors (Lipinski definition) is 0. The molecule has 0 radical (unpaired) electrons. The zero-order valence-corrected chi connectivity index (χ0v) is 19.0. The van der Waals surface area contributed by atoms with Gasteiger partial charge in [-0.1, -0.05) is 24.3 Å². The van der Waals surface area contributed by atoms with Crippen molar-refractivity contribution < 1.29 is 14.3 Å². The van der Waals surface area contributed by atoms with E-state index in [1.807, 2.05) is 35.2 Å². The summed E-state index contributed by atoms with van der Waals surface area (Å²) in [7, 11) is 1.41. The monoisotopic (exact) mass is 449 g/mol. The van der Waals surface area contributed by atoms with Gasteiger partial charge in [-0.25, -0.2) is 9.78 Å². The van der Waals surface area contributed by atoms with E-state index in [2.05, 4.69) is 39.0 Å². The Hall–Kier alpha value is -2.74. The van der Waals surface area contributed by atoms with Crippen LogP contribution < -0.4 is 4.74 Å². The molecular weight excluding hydrogens is 422 g/mol. The van der Waals surface area contributed by atoms with E-state index in [0.29, 0.717) is 24.3 Å². The first-order chi connectivity index (χ1) is 15.7. The normalized spacial score (nSPS) is 20.5. The molecule has 0 saturated carbocycles. The molecule has 3 aromatic rings. The summed E-state index contributed by atoms with van der Waals surface area (Å²) in [5.41, 5.74) is 5.96. The van der Waals surface area contributed by atoms with Crippen LogP contribution in [0, 0.1) is 0 Å². The van der Waals surface area contributed by atoms with Crippen LogP contribution in [-0.2, 0) is 24.4 Å². The predicted molar refractivity (Wildman–Crippen MR) is 124 cm³/mol. The molecule has 2 bridgehead atoms. The highest BCUT2D eigenvalue weighted by molar-refractivity contribution is 7.07. The summed E-state index contributed by atoms with van der Waals surface area (Å²) in [6.45, 7) is 4.63. The number of carbonyl (C=O) groups excluding carboxylic acids is 1. The molecule has 2 aromatic carbocycles. The Balaban J connectivity index is 1.11. The van der Waals surface area contributed by atoms with Gasteiger partial charge in [-0.15, -0.1) is 11.3 Å². The lowest BCUT2D eigenvalue weighted by molar-refractivity contribution is 0.0600. The quantitative estimate of drug-likeness (QED) is 0.485. The fourth-order valence-corrected chi connectivity index (χ4v) is 5.25. The van der Waals surface area contributed by atoms with Crippen molar-refractivity contribution in [2.75, 3.05) is 20.2 Å². The first-order valence-electron chi connectivity index (χ1n) is 10.9. The van der Waals surface area contributed by atoms with Gasteiger partial charge in [0.2, 0.25) is 0 Å². The number of esters is 1. The molecule has 2 aliphatic heterocycles. The standard InChI is InChI=1S/C25H27N3O3S/c1-30-25(29)20-6-2-18(3-7-20)11-27-13-23-10-22(27)14-28(23)12-19-4-8-24(9-5-19)31-15-21-16-32-17-26-21/h2-9,16-17,22-23H,10-15H2,1H3/t22-,23+/m0/s1. The van der Waals surface area contributed by atoms with E-state index in [-0.39, 0.29) is 5.97 Å².